The Morgan fingerprint density at radius 2 is 1.95 bits per heavy atom. The number of hydrogen-bond donors (Lipinski definition) is 1. The van der Waals surface area contributed by atoms with Crippen molar-refractivity contribution < 1.29 is 4.74 Å². The third kappa shape index (κ3) is 3.55. The highest BCUT2D eigenvalue weighted by molar-refractivity contribution is 4.98. The van der Waals surface area contributed by atoms with E-state index in [0.717, 1.165) is 31.7 Å². The van der Waals surface area contributed by atoms with Crippen LogP contribution in [0.3, 0.4) is 0 Å². The van der Waals surface area contributed by atoms with Gasteiger partial charge in [-0.25, -0.2) is 0 Å². The van der Waals surface area contributed by atoms with E-state index >= 15 is 0 Å². The van der Waals surface area contributed by atoms with Crippen LogP contribution in [-0.4, -0.2) is 49.3 Å². The predicted molar refractivity (Wildman–Crippen MR) is 82.9 cm³/mol. The van der Waals surface area contributed by atoms with Crippen molar-refractivity contribution in [1.29, 1.82) is 0 Å². The van der Waals surface area contributed by atoms with Gasteiger partial charge >= 0.3 is 0 Å². The summed E-state index contributed by atoms with van der Waals surface area (Å²) >= 11 is 0. The van der Waals surface area contributed by atoms with Crippen molar-refractivity contribution >= 4 is 0 Å². The Kier molecular flexibility index (Phi) is 4.40. The summed E-state index contributed by atoms with van der Waals surface area (Å²) in [5, 5.41) is 3.82. The van der Waals surface area contributed by atoms with Crippen LogP contribution in [0.4, 0.5) is 0 Å². The van der Waals surface area contributed by atoms with Crippen LogP contribution < -0.4 is 5.32 Å². The average molecular weight is 280 g/mol. The van der Waals surface area contributed by atoms with Crippen molar-refractivity contribution in [1.82, 2.24) is 10.2 Å². The van der Waals surface area contributed by atoms with Gasteiger partial charge in [0.1, 0.15) is 0 Å². The van der Waals surface area contributed by atoms with Crippen LogP contribution in [-0.2, 0) is 4.74 Å². The highest BCUT2D eigenvalue weighted by Gasteiger charge is 2.41. The van der Waals surface area contributed by atoms with Crippen molar-refractivity contribution in [2.45, 2.75) is 71.1 Å². The maximum atomic E-state index is 5.99. The average Bonchev–Trinajstić information content (AvgIpc) is 3.23. The number of piperazine rings is 1. The van der Waals surface area contributed by atoms with Crippen molar-refractivity contribution in [3.05, 3.63) is 0 Å². The first-order valence-electron chi connectivity index (χ1n) is 8.63. The Hall–Kier alpha value is -0.120. The highest BCUT2D eigenvalue weighted by Crippen LogP contribution is 2.36. The summed E-state index contributed by atoms with van der Waals surface area (Å²) in [6, 6.07) is 1.38. The predicted octanol–water partition coefficient (Wildman–Crippen LogP) is 2.65. The molecule has 1 N–H and O–H groups in total. The molecule has 3 rings (SSSR count). The molecule has 3 heteroatoms. The topological polar surface area (TPSA) is 24.5 Å². The molecule has 0 spiro atoms. The van der Waals surface area contributed by atoms with E-state index in [1.54, 1.807) is 0 Å². The fraction of sp³-hybridized carbons (Fsp3) is 1.00. The Bertz CT molecular complexity index is 315. The highest BCUT2D eigenvalue weighted by atomic mass is 16.5. The molecule has 116 valence electrons. The van der Waals surface area contributed by atoms with Crippen LogP contribution in [0.2, 0.25) is 0 Å². The van der Waals surface area contributed by atoms with Crippen LogP contribution >= 0.6 is 0 Å². The minimum absolute atomic E-state index is 0.343. The molecule has 1 saturated carbocycles. The molecule has 0 aromatic heterocycles. The number of nitrogens with one attached hydrogen (secondary N) is 1. The SMILES string of the molecule is CC(C)(C)C1CNC(C2CC2)CN1CC1CCCCO1. The second-order valence-corrected chi connectivity index (χ2v) is 8.18. The summed E-state index contributed by atoms with van der Waals surface area (Å²) in [7, 11) is 0. The van der Waals surface area contributed by atoms with E-state index in [1.165, 1.54) is 38.6 Å². The molecule has 1 aliphatic carbocycles. The monoisotopic (exact) mass is 280 g/mol. The Labute approximate surface area is 124 Å². The number of ether oxygens (including phenoxy) is 1. The summed E-state index contributed by atoms with van der Waals surface area (Å²) in [4.78, 5) is 2.75. The van der Waals surface area contributed by atoms with Gasteiger partial charge in [0.25, 0.3) is 0 Å². The summed E-state index contributed by atoms with van der Waals surface area (Å²) in [6.45, 7) is 11.6. The third-order valence-electron chi connectivity index (χ3n) is 5.35. The molecular formula is C17H32N2O. The number of hydrogen-bond acceptors (Lipinski definition) is 3. The van der Waals surface area contributed by atoms with Crippen LogP contribution in [0.25, 0.3) is 0 Å². The first kappa shape index (κ1) is 14.8. The molecule has 2 saturated heterocycles. The van der Waals surface area contributed by atoms with Crippen molar-refractivity contribution in [2.24, 2.45) is 11.3 Å². The standard InChI is InChI=1S/C17H32N2O/c1-17(2,3)16-10-18-15(13-7-8-13)12-19(16)11-14-6-4-5-9-20-14/h13-16,18H,4-12H2,1-3H3. The zero-order chi connectivity index (χ0) is 14.2. The van der Waals surface area contributed by atoms with Gasteiger partial charge in [-0.15, -0.1) is 0 Å². The molecule has 2 heterocycles. The second kappa shape index (κ2) is 5.94. The van der Waals surface area contributed by atoms with Crippen LogP contribution in [0, 0.1) is 11.3 Å². The molecule has 0 amide bonds. The fourth-order valence-corrected chi connectivity index (χ4v) is 3.92. The molecule has 3 atom stereocenters. The largest absolute Gasteiger partial charge is 0.377 e. The number of rotatable bonds is 3. The lowest BCUT2D eigenvalue weighted by Gasteiger charge is -2.48. The molecule has 20 heavy (non-hydrogen) atoms. The van der Waals surface area contributed by atoms with E-state index in [2.05, 4.69) is 31.0 Å². The molecular weight excluding hydrogens is 248 g/mol. The molecule has 0 bridgehead atoms. The van der Waals surface area contributed by atoms with E-state index in [-0.39, 0.29) is 0 Å². The first-order chi connectivity index (χ1) is 9.54. The zero-order valence-electron chi connectivity index (χ0n) is 13.5. The van der Waals surface area contributed by atoms with Gasteiger partial charge in [-0.2, -0.15) is 0 Å². The molecule has 0 radical (unpaired) electrons. The summed E-state index contributed by atoms with van der Waals surface area (Å²) in [5.41, 5.74) is 0.343. The zero-order valence-corrected chi connectivity index (χ0v) is 13.5. The lowest BCUT2D eigenvalue weighted by atomic mass is 9.83. The Morgan fingerprint density at radius 1 is 1.15 bits per heavy atom. The van der Waals surface area contributed by atoms with E-state index < -0.39 is 0 Å². The molecule has 2 aliphatic heterocycles. The molecule has 3 nitrogen and oxygen atoms in total. The summed E-state index contributed by atoms with van der Waals surface area (Å²) in [6.07, 6.45) is 7.21. The van der Waals surface area contributed by atoms with Crippen molar-refractivity contribution in [3.63, 3.8) is 0 Å². The van der Waals surface area contributed by atoms with Gasteiger partial charge in [0.05, 0.1) is 6.10 Å². The molecule has 3 unspecified atom stereocenters. The number of nitrogens with zero attached hydrogens (tertiary/aromatic N) is 1. The van der Waals surface area contributed by atoms with Crippen LogP contribution in [0.5, 0.6) is 0 Å². The van der Waals surface area contributed by atoms with Crippen molar-refractivity contribution in [2.75, 3.05) is 26.2 Å². The lowest BCUT2D eigenvalue weighted by molar-refractivity contribution is -0.0377. The first-order valence-corrected chi connectivity index (χ1v) is 8.63. The molecule has 0 aromatic carbocycles. The smallest absolute Gasteiger partial charge is 0.0702 e. The summed E-state index contributed by atoms with van der Waals surface area (Å²) < 4.78 is 5.99. The minimum atomic E-state index is 0.343. The lowest BCUT2D eigenvalue weighted by Crippen LogP contribution is -2.62. The van der Waals surface area contributed by atoms with Gasteiger partial charge in [-0.3, -0.25) is 4.90 Å². The van der Waals surface area contributed by atoms with Crippen LogP contribution in [0.15, 0.2) is 0 Å². The van der Waals surface area contributed by atoms with E-state index in [9.17, 15) is 0 Å². The molecule has 0 aromatic rings. The maximum absolute atomic E-state index is 5.99. The second-order valence-electron chi connectivity index (χ2n) is 8.18. The molecule has 3 fully saturated rings. The third-order valence-corrected chi connectivity index (χ3v) is 5.35. The fourth-order valence-electron chi connectivity index (χ4n) is 3.92. The van der Waals surface area contributed by atoms with Gasteiger partial charge in [0.2, 0.25) is 0 Å². The van der Waals surface area contributed by atoms with E-state index in [0.29, 0.717) is 17.6 Å². The van der Waals surface area contributed by atoms with Crippen LogP contribution in [0.1, 0.15) is 52.9 Å². The quantitative estimate of drug-likeness (QED) is 0.860. The van der Waals surface area contributed by atoms with Gasteiger partial charge < -0.3 is 10.1 Å². The van der Waals surface area contributed by atoms with E-state index in [1.807, 2.05) is 0 Å². The van der Waals surface area contributed by atoms with Crippen molar-refractivity contribution in [3.8, 4) is 0 Å². The van der Waals surface area contributed by atoms with Gasteiger partial charge in [-0.05, 0) is 43.4 Å². The minimum Gasteiger partial charge on any atom is -0.377 e. The normalized spacial score (nSPS) is 37.0. The summed E-state index contributed by atoms with van der Waals surface area (Å²) in [5.74, 6) is 0.950. The Morgan fingerprint density at radius 3 is 2.55 bits per heavy atom. The van der Waals surface area contributed by atoms with E-state index in [4.69, 9.17) is 4.74 Å². The maximum Gasteiger partial charge on any atom is 0.0702 e. The van der Waals surface area contributed by atoms with Gasteiger partial charge in [0.15, 0.2) is 0 Å². The van der Waals surface area contributed by atoms with Gasteiger partial charge in [-0.1, -0.05) is 20.8 Å². The Balaban J connectivity index is 1.63. The molecule has 3 aliphatic rings. The van der Waals surface area contributed by atoms with Gasteiger partial charge in [0, 0.05) is 38.3 Å².